The monoisotopic (exact) mass is 232 g/mol. The summed E-state index contributed by atoms with van der Waals surface area (Å²) < 4.78 is 0. The van der Waals surface area contributed by atoms with E-state index in [1.807, 2.05) is 13.8 Å². The van der Waals surface area contributed by atoms with E-state index in [9.17, 15) is 9.59 Å². The first-order valence-electron chi connectivity index (χ1n) is 5.93. The van der Waals surface area contributed by atoms with Gasteiger partial charge in [0.25, 0.3) is 0 Å². The topological polar surface area (TPSA) is 59.9 Å². The Morgan fingerprint density at radius 1 is 1.29 bits per heavy atom. The Morgan fingerprint density at radius 3 is 2.53 bits per heavy atom. The summed E-state index contributed by atoms with van der Waals surface area (Å²) in [6.45, 7) is 4.01. The third kappa shape index (κ3) is 2.40. The predicted octanol–water partition coefficient (Wildman–Crippen LogP) is 1.91. The highest BCUT2D eigenvalue weighted by molar-refractivity contribution is 6.09. The zero-order valence-corrected chi connectivity index (χ0v) is 10.1. The second-order valence-electron chi connectivity index (χ2n) is 4.90. The SMILES string of the molecule is CC1CC(=O)C(C(=O)c2ncccn2)C(C)C1. The van der Waals surface area contributed by atoms with Crippen LogP contribution < -0.4 is 0 Å². The number of ketones is 2. The molecule has 4 nitrogen and oxygen atoms in total. The maximum absolute atomic E-state index is 12.2. The second-order valence-corrected chi connectivity index (χ2v) is 4.90. The van der Waals surface area contributed by atoms with Gasteiger partial charge in [0.15, 0.2) is 5.82 Å². The van der Waals surface area contributed by atoms with Crippen molar-refractivity contribution in [3.8, 4) is 0 Å². The molecule has 90 valence electrons. The number of hydrogen-bond acceptors (Lipinski definition) is 4. The largest absolute Gasteiger partial charge is 0.299 e. The van der Waals surface area contributed by atoms with Crippen LogP contribution in [0.1, 0.15) is 37.3 Å². The van der Waals surface area contributed by atoms with Crippen molar-refractivity contribution >= 4 is 11.6 Å². The Bertz CT molecular complexity index is 430. The molecule has 3 atom stereocenters. The van der Waals surface area contributed by atoms with Crippen molar-refractivity contribution in [2.75, 3.05) is 0 Å². The summed E-state index contributed by atoms with van der Waals surface area (Å²) in [5.74, 6) is -0.120. The number of Topliss-reactive ketones (excluding diaryl/α,β-unsaturated/α-hetero) is 2. The minimum atomic E-state index is -0.548. The fourth-order valence-corrected chi connectivity index (χ4v) is 2.61. The van der Waals surface area contributed by atoms with Crippen molar-refractivity contribution in [2.24, 2.45) is 17.8 Å². The van der Waals surface area contributed by atoms with Crippen LogP contribution in [0.4, 0.5) is 0 Å². The van der Waals surface area contributed by atoms with E-state index in [0.717, 1.165) is 6.42 Å². The number of carbonyl (C=O) groups is 2. The minimum Gasteiger partial charge on any atom is -0.299 e. The molecule has 0 spiro atoms. The fourth-order valence-electron chi connectivity index (χ4n) is 2.61. The van der Waals surface area contributed by atoms with Gasteiger partial charge >= 0.3 is 0 Å². The van der Waals surface area contributed by atoms with Gasteiger partial charge in [0.1, 0.15) is 5.78 Å². The minimum absolute atomic E-state index is 0.0358. The highest BCUT2D eigenvalue weighted by Crippen LogP contribution is 2.32. The molecule has 4 heteroatoms. The molecule has 1 saturated carbocycles. The van der Waals surface area contributed by atoms with Crippen LogP contribution in [0.15, 0.2) is 18.5 Å². The molecular formula is C13H16N2O2. The molecule has 17 heavy (non-hydrogen) atoms. The number of nitrogens with zero attached hydrogens (tertiary/aromatic N) is 2. The van der Waals surface area contributed by atoms with Gasteiger partial charge in [0, 0.05) is 18.8 Å². The standard InChI is InChI=1S/C13H16N2O2/c1-8-6-9(2)11(10(16)7-8)12(17)13-14-4-3-5-15-13/h3-5,8-9,11H,6-7H2,1-2H3. The Labute approximate surface area is 100 Å². The molecule has 0 bridgehead atoms. The van der Waals surface area contributed by atoms with Gasteiger partial charge in [-0.15, -0.1) is 0 Å². The molecule has 0 N–H and O–H groups in total. The normalized spacial score (nSPS) is 29.1. The summed E-state index contributed by atoms with van der Waals surface area (Å²) in [6, 6.07) is 1.66. The van der Waals surface area contributed by atoms with Gasteiger partial charge in [-0.1, -0.05) is 13.8 Å². The van der Waals surface area contributed by atoms with E-state index >= 15 is 0 Å². The van der Waals surface area contributed by atoms with Crippen LogP contribution in [-0.2, 0) is 4.79 Å². The average molecular weight is 232 g/mol. The van der Waals surface area contributed by atoms with E-state index in [1.165, 1.54) is 12.4 Å². The Hall–Kier alpha value is -1.58. The molecule has 1 fully saturated rings. The van der Waals surface area contributed by atoms with Gasteiger partial charge in [-0.2, -0.15) is 0 Å². The molecule has 1 heterocycles. The van der Waals surface area contributed by atoms with Gasteiger partial charge in [-0.05, 0) is 24.3 Å². The molecule has 0 amide bonds. The molecule has 1 aliphatic rings. The molecule has 1 aromatic rings. The highest BCUT2D eigenvalue weighted by Gasteiger charge is 2.38. The Balaban J connectivity index is 2.22. The zero-order chi connectivity index (χ0) is 12.4. The first kappa shape index (κ1) is 11.9. The van der Waals surface area contributed by atoms with Crippen molar-refractivity contribution in [1.29, 1.82) is 0 Å². The van der Waals surface area contributed by atoms with Crippen LogP contribution >= 0.6 is 0 Å². The molecule has 1 aliphatic carbocycles. The third-order valence-electron chi connectivity index (χ3n) is 3.31. The zero-order valence-electron chi connectivity index (χ0n) is 10.1. The summed E-state index contributed by atoms with van der Waals surface area (Å²) in [6.07, 6.45) is 4.46. The van der Waals surface area contributed by atoms with E-state index in [1.54, 1.807) is 6.07 Å². The molecule has 1 aromatic heterocycles. The lowest BCUT2D eigenvalue weighted by Crippen LogP contribution is -2.37. The van der Waals surface area contributed by atoms with Crippen LogP contribution in [0.25, 0.3) is 0 Å². The summed E-state index contributed by atoms with van der Waals surface area (Å²) in [5.41, 5.74) is 0. The van der Waals surface area contributed by atoms with Crippen molar-refractivity contribution in [3.05, 3.63) is 24.3 Å². The summed E-state index contributed by atoms with van der Waals surface area (Å²) in [4.78, 5) is 32.0. The number of carbonyl (C=O) groups excluding carboxylic acids is 2. The summed E-state index contributed by atoms with van der Waals surface area (Å²) >= 11 is 0. The Kier molecular flexibility index (Phi) is 3.31. The molecule has 0 aromatic carbocycles. The van der Waals surface area contributed by atoms with Crippen LogP contribution in [0.5, 0.6) is 0 Å². The van der Waals surface area contributed by atoms with Gasteiger partial charge < -0.3 is 0 Å². The van der Waals surface area contributed by atoms with Gasteiger partial charge in [0.2, 0.25) is 5.78 Å². The lowest BCUT2D eigenvalue weighted by atomic mass is 9.73. The van der Waals surface area contributed by atoms with E-state index in [-0.39, 0.29) is 23.3 Å². The number of rotatable bonds is 2. The molecule has 0 radical (unpaired) electrons. The van der Waals surface area contributed by atoms with Crippen molar-refractivity contribution in [3.63, 3.8) is 0 Å². The van der Waals surface area contributed by atoms with Crippen LogP contribution in [0.2, 0.25) is 0 Å². The third-order valence-corrected chi connectivity index (χ3v) is 3.31. The van der Waals surface area contributed by atoms with E-state index < -0.39 is 5.92 Å². The van der Waals surface area contributed by atoms with Crippen molar-refractivity contribution in [2.45, 2.75) is 26.7 Å². The quantitative estimate of drug-likeness (QED) is 0.577. The summed E-state index contributed by atoms with van der Waals surface area (Å²) in [7, 11) is 0. The van der Waals surface area contributed by atoms with E-state index in [4.69, 9.17) is 0 Å². The van der Waals surface area contributed by atoms with Gasteiger partial charge in [0.05, 0.1) is 5.92 Å². The molecular weight excluding hydrogens is 216 g/mol. The lowest BCUT2D eigenvalue weighted by Gasteiger charge is -2.29. The fraction of sp³-hybridized carbons (Fsp3) is 0.538. The van der Waals surface area contributed by atoms with Crippen LogP contribution in [0.3, 0.4) is 0 Å². The van der Waals surface area contributed by atoms with Crippen molar-refractivity contribution in [1.82, 2.24) is 9.97 Å². The second kappa shape index (κ2) is 4.73. The summed E-state index contributed by atoms with van der Waals surface area (Å²) in [5, 5.41) is 0. The maximum atomic E-state index is 12.2. The number of hydrogen-bond donors (Lipinski definition) is 0. The average Bonchev–Trinajstić information content (AvgIpc) is 2.28. The first-order valence-corrected chi connectivity index (χ1v) is 5.93. The van der Waals surface area contributed by atoms with Gasteiger partial charge in [-0.25, -0.2) is 9.97 Å². The highest BCUT2D eigenvalue weighted by atomic mass is 16.2. The molecule has 0 aliphatic heterocycles. The lowest BCUT2D eigenvalue weighted by molar-refractivity contribution is -0.125. The van der Waals surface area contributed by atoms with Crippen LogP contribution in [-0.4, -0.2) is 21.5 Å². The number of aromatic nitrogens is 2. The molecule has 3 unspecified atom stereocenters. The van der Waals surface area contributed by atoms with Gasteiger partial charge in [-0.3, -0.25) is 9.59 Å². The smallest absolute Gasteiger partial charge is 0.210 e. The first-order chi connectivity index (χ1) is 8.09. The predicted molar refractivity (Wildman–Crippen MR) is 62.4 cm³/mol. The van der Waals surface area contributed by atoms with Crippen molar-refractivity contribution < 1.29 is 9.59 Å². The molecule has 0 saturated heterocycles. The van der Waals surface area contributed by atoms with E-state index in [0.29, 0.717) is 12.3 Å². The Morgan fingerprint density at radius 2 is 1.94 bits per heavy atom. The van der Waals surface area contributed by atoms with Crippen LogP contribution in [0, 0.1) is 17.8 Å². The van der Waals surface area contributed by atoms with E-state index in [2.05, 4.69) is 9.97 Å². The molecule has 2 rings (SSSR count). The maximum Gasteiger partial charge on any atom is 0.210 e.